The van der Waals surface area contributed by atoms with E-state index in [1.165, 1.54) is 6.07 Å². The van der Waals surface area contributed by atoms with E-state index in [9.17, 15) is 13.6 Å². The first-order chi connectivity index (χ1) is 8.54. The maximum atomic E-state index is 12.8. The van der Waals surface area contributed by atoms with E-state index >= 15 is 0 Å². The van der Waals surface area contributed by atoms with Gasteiger partial charge in [-0.1, -0.05) is 0 Å². The first-order valence-electron chi connectivity index (χ1n) is 4.94. The van der Waals surface area contributed by atoms with Crippen molar-refractivity contribution in [2.45, 2.75) is 6.61 Å². The Bertz CT molecular complexity index is 557. The van der Waals surface area contributed by atoms with Gasteiger partial charge >= 0.3 is 5.97 Å². The molecule has 6 heteroatoms. The molecule has 0 amide bonds. The van der Waals surface area contributed by atoms with Crippen LogP contribution in [0.4, 0.5) is 8.78 Å². The van der Waals surface area contributed by atoms with Gasteiger partial charge in [-0.3, -0.25) is 0 Å². The number of furan rings is 1. The number of carboxylic acids is 1. The van der Waals surface area contributed by atoms with Crippen LogP contribution in [-0.2, 0) is 6.61 Å². The average Bonchev–Trinajstić information content (AvgIpc) is 2.73. The lowest BCUT2D eigenvalue weighted by atomic mass is 10.3. The van der Waals surface area contributed by atoms with Crippen molar-refractivity contribution in [3.05, 3.63) is 53.5 Å². The number of ether oxygens (including phenoxy) is 1. The highest BCUT2D eigenvalue weighted by Gasteiger charge is 2.09. The Morgan fingerprint density at radius 3 is 2.44 bits per heavy atom. The zero-order valence-electron chi connectivity index (χ0n) is 9.02. The van der Waals surface area contributed by atoms with Crippen molar-refractivity contribution in [2.75, 3.05) is 0 Å². The predicted molar refractivity (Wildman–Crippen MR) is 56.4 cm³/mol. The quantitative estimate of drug-likeness (QED) is 0.911. The maximum Gasteiger partial charge on any atom is 0.338 e. The highest BCUT2D eigenvalue weighted by atomic mass is 19.1. The summed E-state index contributed by atoms with van der Waals surface area (Å²) < 4.78 is 35.7. The van der Waals surface area contributed by atoms with Gasteiger partial charge in [0.2, 0.25) is 0 Å². The molecule has 4 nitrogen and oxygen atoms in total. The van der Waals surface area contributed by atoms with Gasteiger partial charge in [0.25, 0.3) is 0 Å². The summed E-state index contributed by atoms with van der Waals surface area (Å²) in [5.74, 6) is -2.38. The molecule has 0 saturated carbocycles. The summed E-state index contributed by atoms with van der Waals surface area (Å²) in [6.07, 6.45) is 1.06. The number of hydrogen-bond donors (Lipinski definition) is 1. The highest BCUT2D eigenvalue weighted by Crippen LogP contribution is 2.17. The molecule has 1 N–H and O–H groups in total. The van der Waals surface area contributed by atoms with E-state index in [0.29, 0.717) is 0 Å². The van der Waals surface area contributed by atoms with Crippen LogP contribution in [0.2, 0.25) is 0 Å². The highest BCUT2D eigenvalue weighted by molar-refractivity contribution is 5.87. The molecule has 0 spiro atoms. The Balaban J connectivity index is 2.04. The fourth-order valence-electron chi connectivity index (χ4n) is 1.33. The molecular formula is C12H8F2O4. The second-order valence-electron chi connectivity index (χ2n) is 3.50. The van der Waals surface area contributed by atoms with Gasteiger partial charge in [0, 0.05) is 18.2 Å². The van der Waals surface area contributed by atoms with Gasteiger partial charge in [-0.25, -0.2) is 13.6 Å². The zero-order chi connectivity index (χ0) is 13.1. The van der Waals surface area contributed by atoms with Gasteiger partial charge < -0.3 is 14.3 Å². The van der Waals surface area contributed by atoms with Crippen LogP contribution in [0.5, 0.6) is 5.75 Å². The van der Waals surface area contributed by atoms with E-state index in [1.807, 2.05) is 0 Å². The zero-order valence-corrected chi connectivity index (χ0v) is 9.02. The van der Waals surface area contributed by atoms with Gasteiger partial charge in [0.05, 0.1) is 5.56 Å². The van der Waals surface area contributed by atoms with Crippen molar-refractivity contribution in [1.29, 1.82) is 0 Å². The Morgan fingerprint density at radius 2 is 1.89 bits per heavy atom. The molecule has 2 rings (SSSR count). The maximum absolute atomic E-state index is 12.8. The van der Waals surface area contributed by atoms with Gasteiger partial charge in [-0.15, -0.1) is 0 Å². The van der Waals surface area contributed by atoms with Crippen molar-refractivity contribution >= 4 is 5.97 Å². The van der Waals surface area contributed by atoms with Gasteiger partial charge in [-0.05, 0) is 6.07 Å². The minimum atomic E-state index is -1.12. The molecule has 0 fully saturated rings. The molecule has 18 heavy (non-hydrogen) atoms. The Hall–Kier alpha value is -2.37. The molecule has 94 valence electrons. The molecule has 0 unspecified atom stereocenters. The van der Waals surface area contributed by atoms with Crippen LogP contribution in [-0.4, -0.2) is 11.1 Å². The van der Waals surface area contributed by atoms with Gasteiger partial charge in [0.1, 0.15) is 36.0 Å². The van der Waals surface area contributed by atoms with E-state index < -0.39 is 17.6 Å². The molecule has 0 atom stereocenters. The van der Waals surface area contributed by atoms with Crippen LogP contribution < -0.4 is 4.74 Å². The molecule has 1 aromatic carbocycles. The third-order valence-electron chi connectivity index (χ3n) is 2.12. The summed E-state index contributed by atoms with van der Waals surface area (Å²) in [5.41, 5.74) is -0.0148. The number of rotatable bonds is 4. The minimum Gasteiger partial charge on any atom is -0.485 e. The van der Waals surface area contributed by atoms with Crippen LogP contribution in [0.15, 0.2) is 34.9 Å². The fraction of sp³-hybridized carbons (Fsp3) is 0.0833. The summed E-state index contributed by atoms with van der Waals surface area (Å²) in [7, 11) is 0. The minimum absolute atomic E-state index is 0.000718. The second-order valence-corrected chi connectivity index (χ2v) is 3.50. The number of halogens is 2. The predicted octanol–water partition coefficient (Wildman–Crippen LogP) is 2.84. The number of carboxylic acid groups (broad SMARTS) is 1. The van der Waals surface area contributed by atoms with Crippen LogP contribution in [0.25, 0.3) is 0 Å². The summed E-state index contributed by atoms with van der Waals surface area (Å²) in [6.45, 7) is -0.115. The summed E-state index contributed by atoms with van der Waals surface area (Å²) in [5, 5.41) is 8.66. The van der Waals surface area contributed by atoms with Crippen molar-refractivity contribution < 1.29 is 27.8 Å². The molecule has 0 aliphatic heterocycles. The summed E-state index contributed by atoms with van der Waals surface area (Å²) in [4.78, 5) is 10.6. The molecular weight excluding hydrogens is 246 g/mol. The van der Waals surface area contributed by atoms with E-state index in [4.69, 9.17) is 14.3 Å². The van der Waals surface area contributed by atoms with E-state index in [0.717, 1.165) is 24.5 Å². The lowest BCUT2D eigenvalue weighted by Gasteiger charge is -2.04. The van der Waals surface area contributed by atoms with Crippen molar-refractivity contribution in [3.8, 4) is 5.75 Å². The summed E-state index contributed by atoms with van der Waals surface area (Å²) in [6, 6.07) is 4.04. The average molecular weight is 254 g/mol. The third-order valence-corrected chi connectivity index (χ3v) is 2.12. The van der Waals surface area contributed by atoms with E-state index in [1.54, 1.807) is 0 Å². The Labute approximate surface area is 100 Å². The first kappa shape index (κ1) is 12.1. The monoisotopic (exact) mass is 254 g/mol. The molecule has 1 heterocycles. The Kier molecular flexibility index (Phi) is 3.27. The molecule has 2 aromatic rings. The second kappa shape index (κ2) is 4.87. The molecule has 0 aliphatic carbocycles. The van der Waals surface area contributed by atoms with Crippen LogP contribution >= 0.6 is 0 Å². The number of hydrogen-bond acceptors (Lipinski definition) is 3. The van der Waals surface area contributed by atoms with Crippen molar-refractivity contribution in [3.63, 3.8) is 0 Å². The standard InChI is InChI=1S/C12H8F2O4/c13-8-2-9(14)4-10(3-8)18-6-11-1-7(5-17-11)12(15)16/h1-5H,6H2,(H,15,16). The molecule has 1 aromatic heterocycles. The van der Waals surface area contributed by atoms with Gasteiger partial charge in [0.15, 0.2) is 0 Å². The topological polar surface area (TPSA) is 59.7 Å². The van der Waals surface area contributed by atoms with Crippen molar-refractivity contribution in [1.82, 2.24) is 0 Å². The summed E-state index contributed by atoms with van der Waals surface area (Å²) >= 11 is 0. The van der Waals surface area contributed by atoms with E-state index in [2.05, 4.69) is 0 Å². The fourth-order valence-corrected chi connectivity index (χ4v) is 1.33. The smallest absolute Gasteiger partial charge is 0.338 e. The van der Waals surface area contributed by atoms with Crippen molar-refractivity contribution in [2.24, 2.45) is 0 Å². The van der Waals surface area contributed by atoms with Crippen LogP contribution in [0, 0.1) is 11.6 Å². The molecule has 0 saturated heterocycles. The van der Waals surface area contributed by atoms with Crippen LogP contribution in [0.1, 0.15) is 16.1 Å². The molecule has 0 bridgehead atoms. The molecule has 0 radical (unpaired) electrons. The molecule has 0 aliphatic rings. The lowest BCUT2D eigenvalue weighted by molar-refractivity contribution is 0.0696. The number of carbonyl (C=O) groups is 1. The van der Waals surface area contributed by atoms with E-state index in [-0.39, 0.29) is 23.7 Å². The SMILES string of the molecule is O=C(O)c1coc(COc2cc(F)cc(F)c2)c1. The number of aromatic carboxylic acids is 1. The van der Waals surface area contributed by atoms with Gasteiger partial charge in [-0.2, -0.15) is 0 Å². The Morgan fingerprint density at radius 1 is 1.22 bits per heavy atom. The number of benzene rings is 1. The first-order valence-corrected chi connectivity index (χ1v) is 4.94. The van der Waals surface area contributed by atoms with Crippen LogP contribution in [0.3, 0.4) is 0 Å². The third kappa shape index (κ3) is 2.85. The largest absolute Gasteiger partial charge is 0.485 e. The lowest BCUT2D eigenvalue weighted by Crippen LogP contribution is -1.96. The normalized spacial score (nSPS) is 10.3.